The molecule has 24 heavy (non-hydrogen) atoms. The molecular formula is C13H16F5NO4Si. The first-order valence-electron chi connectivity index (χ1n) is 6.87. The van der Waals surface area contributed by atoms with Crippen LogP contribution < -0.4 is 5.32 Å². The monoisotopic (exact) mass is 373 g/mol. The van der Waals surface area contributed by atoms with E-state index in [1.165, 1.54) is 0 Å². The van der Waals surface area contributed by atoms with Crippen molar-refractivity contribution < 1.29 is 40.6 Å². The van der Waals surface area contributed by atoms with Gasteiger partial charge in [-0.05, 0) is 13.8 Å². The summed E-state index contributed by atoms with van der Waals surface area (Å²) in [6.45, 7) is 2.96. The third-order valence-corrected chi connectivity index (χ3v) is 3.56. The van der Waals surface area contributed by atoms with Crippen LogP contribution in [0, 0.1) is 29.1 Å². The molecule has 1 amide bonds. The lowest BCUT2D eigenvalue weighted by atomic mass is 10.1. The van der Waals surface area contributed by atoms with Crippen molar-refractivity contribution in [2.45, 2.75) is 19.8 Å². The highest BCUT2D eigenvalue weighted by Crippen LogP contribution is 2.23. The zero-order valence-corrected chi connectivity index (χ0v) is 15.1. The summed E-state index contributed by atoms with van der Waals surface area (Å²) < 4.78 is 82.0. The maximum absolute atomic E-state index is 13.6. The summed E-state index contributed by atoms with van der Waals surface area (Å²) in [5.74, 6) is -14.4. The predicted molar refractivity (Wildman–Crippen MR) is 75.6 cm³/mol. The van der Waals surface area contributed by atoms with Gasteiger partial charge >= 0.3 is 0 Å². The summed E-state index contributed by atoms with van der Waals surface area (Å²) in [5, 5.41) is 1.99. The molecule has 1 aromatic rings. The van der Waals surface area contributed by atoms with Crippen LogP contribution in [0.25, 0.3) is 0 Å². The predicted octanol–water partition coefficient (Wildman–Crippen LogP) is 1.14. The Bertz CT molecular complexity index is 582. The van der Waals surface area contributed by atoms with Crippen LogP contribution in [0.1, 0.15) is 24.2 Å². The van der Waals surface area contributed by atoms with Crippen molar-refractivity contribution in [3.63, 3.8) is 0 Å². The number of halogens is 5. The first-order valence-corrected chi connectivity index (χ1v) is 7.68. The zero-order valence-electron chi connectivity index (χ0n) is 13.1. The van der Waals surface area contributed by atoms with E-state index in [2.05, 4.69) is 0 Å². The van der Waals surface area contributed by atoms with Gasteiger partial charge in [0.25, 0.3) is 11.9 Å². The number of rotatable bonds is 8. The molecule has 0 aliphatic carbocycles. The summed E-state index contributed by atoms with van der Waals surface area (Å²) >= 11 is 0. The van der Waals surface area contributed by atoms with Crippen molar-refractivity contribution in [2.75, 3.05) is 19.8 Å². The van der Waals surface area contributed by atoms with Crippen molar-refractivity contribution in [2.24, 2.45) is 0 Å². The highest BCUT2D eigenvalue weighted by Gasteiger charge is 2.34. The molecule has 1 rings (SSSR count). The van der Waals surface area contributed by atoms with Crippen LogP contribution in [0.3, 0.4) is 0 Å². The van der Waals surface area contributed by atoms with Crippen LogP contribution in [-0.2, 0) is 13.9 Å². The molecule has 136 valence electrons. The molecule has 0 aliphatic heterocycles. The van der Waals surface area contributed by atoms with Gasteiger partial charge in [0.1, 0.15) is 5.56 Å². The topological polar surface area (TPSA) is 56.8 Å². The van der Waals surface area contributed by atoms with Crippen LogP contribution in [0.15, 0.2) is 0 Å². The summed E-state index contributed by atoms with van der Waals surface area (Å²) in [6, 6.07) is 0. The molecule has 5 nitrogen and oxygen atoms in total. The highest BCUT2D eigenvalue weighted by molar-refractivity contribution is 5.98. The largest absolute Gasteiger partial charge is 0.379 e. The SMILES string of the molecule is CCOC(CNC(=O)c1c(F)c(F)c(F)c(F)c1F)(O[SiH3])OCC. The van der Waals surface area contributed by atoms with Crippen LogP contribution in [0.2, 0.25) is 0 Å². The Kier molecular flexibility index (Phi) is 7.26. The normalized spacial score (nSPS) is 11.8. The zero-order chi connectivity index (χ0) is 18.5. The van der Waals surface area contributed by atoms with Crippen molar-refractivity contribution in [3.8, 4) is 0 Å². The fourth-order valence-electron chi connectivity index (χ4n) is 1.85. The van der Waals surface area contributed by atoms with Crippen molar-refractivity contribution in [1.82, 2.24) is 5.32 Å². The van der Waals surface area contributed by atoms with E-state index >= 15 is 0 Å². The lowest BCUT2D eigenvalue weighted by molar-refractivity contribution is -0.335. The quantitative estimate of drug-likeness (QED) is 0.244. The van der Waals surface area contributed by atoms with Crippen LogP contribution in [0.4, 0.5) is 22.0 Å². The standard InChI is InChI=1S/C13H16F5NO4Si/c1-3-21-13(23-24,22-4-2)5-19-12(20)6-7(14)9(16)11(18)10(17)8(6)15/h3-5H2,1-2,24H3,(H,19,20). The Morgan fingerprint density at radius 3 is 1.75 bits per heavy atom. The van der Waals surface area contributed by atoms with Gasteiger partial charge in [-0.25, -0.2) is 22.0 Å². The van der Waals surface area contributed by atoms with Crippen molar-refractivity contribution in [1.29, 1.82) is 0 Å². The van der Waals surface area contributed by atoms with E-state index in [4.69, 9.17) is 13.9 Å². The van der Waals surface area contributed by atoms with E-state index in [-0.39, 0.29) is 23.7 Å². The number of benzene rings is 1. The van der Waals surface area contributed by atoms with E-state index in [1.807, 2.05) is 5.32 Å². The van der Waals surface area contributed by atoms with Gasteiger partial charge in [0.05, 0.1) is 6.54 Å². The van der Waals surface area contributed by atoms with E-state index in [1.54, 1.807) is 13.8 Å². The van der Waals surface area contributed by atoms with E-state index in [9.17, 15) is 26.7 Å². The minimum atomic E-state index is -2.34. The molecular weight excluding hydrogens is 357 g/mol. The van der Waals surface area contributed by atoms with Crippen LogP contribution >= 0.6 is 0 Å². The van der Waals surface area contributed by atoms with Gasteiger partial charge in [0.15, 0.2) is 33.8 Å². The summed E-state index contributed by atoms with van der Waals surface area (Å²) in [4.78, 5) is 11.9. The van der Waals surface area contributed by atoms with Crippen LogP contribution in [0.5, 0.6) is 0 Å². The molecule has 1 N–H and O–H groups in total. The maximum Gasteiger partial charge on any atom is 0.291 e. The lowest BCUT2D eigenvalue weighted by Gasteiger charge is -2.31. The average Bonchev–Trinajstić information content (AvgIpc) is 2.56. The van der Waals surface area contributed by atoms with Gasteiger partial charge < -0.3 is 19.2 Å². The van der Waals surface area contributed by atoms with Crippen molar-refractivity contribution in [3.05, 3.63) is 34.6 Å². The van der Waals surface area contributed by atoms with Gasteiger partial charge in [-0.15, -0.1) is 0 Å². The molecule has 0 bridgehead atoms. The number of carbonyl (C=O) groups is 1. The number of carbonyl (C=O) groups excluding carboxylic acids is 1. The fraction of sp³-hybridized carbons (Fsp3) is 0.462. The summed E-state index contributed by atoms with van der Waals surface area (Å²) in [5.41, 5.74) is -1.60. The second-order valence-electron chi connectivity index (χ2n) is 4.38. The Labute approximate surface area is 137 Å². The molecule has 1 aromatic carbocycles. The molecule has 0 unspecified atom stereocenters. The van der Waals surface area contributed by atoms with Crippen LogP contribution in [-0.4, -0.2) is 42.1 Å². The van der Waals surface area contributed by atoms with Gasteiger partial charge in [0, 0.05) is 13.2 Å². The number of hydrogen-bond donors (Lipinski definition) is 1. The van der Waals surface area contributed by atoms with Gasteiger partial charge in [-0.3, -0.25) is 4.79 Å². The van der Waals surface area contributed by atoms with E-state index < -0.39 is 53.1 Å². The fourth-order valence-corrected chi connectivity index (χ4v) is 2.23. The van der Waals surface area contributed by atoms with E-state index in [0.29, 0.717) is 0 Å². The van der Waals surface area contributed by atoms with Crippen molar-refractivity contribution >= 4 is 16.4 Å². The molecule has 0 saturated carbocycles. The molecule has 0 atom stereocenters. The third-order valence-electron chi connectivity index (χ3n) is 2.94. The number of amides is 1. The molecule has 0 spiro atoms. The smallest absolute Gasteiger partial charge is 0.291 e. The minimum absolute atomic E-state index is 0.126. The second-order valence-corrected chi connectivity index (χ2v) is 4.79. The Morgan fingerprint density at radius 2 is 1.38 bits per heavy atom. The average molecular weight is 373 g/mol. The lowest BCUT2D eigenvalue weighted by Crippen LogP contribution is -2.49. The molecule has 0 aromatic heterocycles. The third kappa shape index (κ3) is 4.09. The Hall–Kier alpha value is -1.56. The molecule has 0 saturated heterocycles. The summed E-state index contributed by atoms with van der Waals surface area (Å²) in [7, 11) is 0.128. The highest BCUT2D eigenvalue weighted by atomic mass is 28.2. The van der Waals surface area contributed by atoms with Gasteiger partial charge in [-0.2, -0.15) is 0 Å². The van der Waals surface area contributed by atoms with E-state index in [0.717, 1.165) is 0 Å². The molecule has 0 heterocycles. The number of hydrogen-bond acceptors (Lipinski definition) is 4. The molecule has 0 radical (unpaired) electrons. The van der Waals surface area contributed by atoms with Gasteiger partial charge in [-0.1, -0.05) is 0 Å². The maximum atomic E-state index is 13.6. The minimum Gasteiger partial charge on any atom is -0.379 e. The second kappa shape index (κ2) is 8.51. The van der Waals surface area contributed by atoms with Gasteiger partial charge in [0.2, 0.25) is 5.82 Å². The first kappa shape index (κ1) is 20.5. The molecule has 11 heteroatoms. The first-order chi connectivity index (χ1) is 11.2. The summed E-state index contributed by atoms with van der Waals surface area (Å²) in [6.07, 6.45) is 0. The number of nitrogens with one attached hydrogen (secondary N) is 1. The Morgan fingerprint density at radius 1 is 0.958 bits per heavy atom. The Balaban J connectivity index is 3.08. The number of ether oxygens (including phenoxy) is 2. The molecule has 0 aliphatic rings. The molecule has 0 fully saturated rings.